The van der Waals surface area contributed by atoms with E-state index >= 15 is 0 Å². The highest BCUT2D eigenvalue weighted by atomic mass is 15.2. The lowest BCUT2D eigenvalue weighted by Gasteiger charge is -2.45. The monoisotopic (exact) mass is 292 g/mol. The molecule has 0 aromatic carbocycles. The average molecular weight is 293 g/mol. The largest absolute Gasteiger partial charge is 0.312 e. The molecule has 1 saturated heterocycles. The first kappa shape index (κ1) is 15.8. The van der Waals surface area contributed by atoms with Crippen molar-refractivity contribution in [2.45, 2.75) is 96.1 Å². The number of nitrogens with one attached hydrogen (secondary N) is 1. The van der Waals surface area contributed by atoms with E-state index in [2.05, 4.69) is 17.1 Å². The number of likely N-dealkylation sites (tertiary alicyclic amines) is 1. The van der Waals surface area contributed by atoms with E-state index in [0.717, 1.165) is 17.5 Å². The van der Waals surface area contributed by atoms with Crippen molar-refractivity contribution in [2.75, 3.05) is 19.6 Å². The van der Waals surface area contributed by atoms with E-state index in [1.165, 1.54) is 96.7 Å². The van der Waals surface area contributed by atoms with Crippen LogP contribution in [0.4, 0.5) is 0 Å². The highest BCUT2D eigenvalue weighted by Crippen LogP contribution is 2.46. The van der Waals surface area contributed by atoms with E-state index in [1.54, 1.807) is 0 Å². The Bertz CT molecular complexity index is 299. The van der Waals surface area contributed by atoms with E-state index in [0.29, 0.717) is 0 Å². The maximum absolute atomic E-state index is 3.88. The lowest BCUT2D eigenvalue weighted by molar-refractivity contribution is 0.0577. The molecule has 0 aromatic heterocycles. The third-order valence-corrected chi connectivity index (χ3v) is 6.63. The molecule has 21 heavy (non-hydrogen) atoms. The second kappa shape index (κ2) is 7.46. The highest BCUT2D eigenvalue weighted by molar-refractivity contribution is 4.94. The second-order valence-electron chi connectivity index (χ2n) is 8.01. The summed E-state index contributed by atoms with van der Waals surface area (Å²) in [4.78, 5) is 2.88. The van der Waals surface area contributed by atoms with Crippen LogP contribution in [0.25, 0.3) is 0 Å². The summed E-state index contributed by atoms with van der Waals surface area (Å²) in [5, 5.41) is 3.88. The number of hydrogen-bond donors (Lipinski definition) is 1. The Kier molecular flexibility index (Phi) is 5.61. The molecule has 0 radical (unpaired) electrons. The Balaban J connectivity index is 1.57. The predicted octanol–water partition coefficient (Wildman–Crippen LogP) is 4.34. The van der Waals surface area contributed by atoms with Gasteiger partial charge in [-0.3, -0.25) is 4.90 Å². The van der Waals surface area contributed by atoms with Crippen molar-refractivity contribution in [3.05, 3.63) is 0 Å². The van der Waals surface area contributed by atoms with Gasteiger partial charge in [0.05, 0.1) is 0 Å². The normalized spacial score (nSPS) is 34.1. The molecule has 2 nitrogen and oxygen atoms in total. The van der Waals surface area contributed by atoms with Gasteiger partial charge in [0.15, 0.2) is 0 Å². The van der Waals surface area contributed by atoms with Gasteiger partial charge < -0.3 is 5.32 Å². The van der Waals surface area contributed by atoms with Crippen LogP contribution >= 0.6 is 0 Å². The van der Waals surface area contributed by atoms with Gasteiger partial charge in [-0.15, -0.1) is 0 Å². The molecule has 0 bridgehead atoms. The Hall–Kier alpha value is -0.0800. The van der Waals surface area contributed by atoms with Crippen molar-refractivity contribution in [1.29, 1.82) is 0 Å². The summed E-state index contributed by atoms with van der Waals surface area (Å²) >= 11 is 0. The standard InChI is InChI=1S/C19H36N2/c1-2-14-20-17-8-4-3-5-9-18(17)21-15-12-19(13-16-21)10-6-7-11-19/h17-18,20H,2-16H2,1H3. The molecule has 0 amide bonds. The fourth-order valence-corrected chi connectivity index (χ4v) is 5.25. The molecule has 2 saturated carbocycles. The Labute approximate surface area is 132 Å². The van der Waals surface area contributed by atoms with Crippen molar-refractivity contribution < 1.29 is 0 Å². The molecule has 1 N–H and O–H groups in total. The first-order valence-corrected chi connectivity index (χ1v) is 9.80. The molecule has 2 unspecified atom stereocenters. The number of hydrogen-bond acceptors (Lipinski definition) is 2. The zero-order valence-electron chi connectivity index (χ0n) is 14.2. The van der Waals surface area contributed by atoms with E-state index in [9.17, 15) is 0 Å². The van der Waals surface area contributed by atoms with Crippen LogP contribution in [0.15, 0.2) is 0 Å². The fourth-order valence-electron chi connectivity index (χ4n) is 5.25. The number of rotatable bonds is 4. The Morgan fingerprint density at radius 3 is 2.33 bits per heavy atom. The molecule has 2 heteroatoms. The van der Waals surface area contributed by atoms with E-state index < -0.39 is 0 Å². The van der Waals surface area contributed by atoms with Gasteiger partial charge >= 0.3 is 0 Å². The minimum absolute atomic E-state index is 0.769. The molecule has 3 aliphatic rings. The van der Waals surface area contributed by atoms with Crippen LogP contribution in [0.5, 0.6) is 0 Å². The zero-order chi connectivity index (χ0) is 14.5. The van der Waals surface area contributed by atoms with Gasteiger partial charge in [-0.1, -0.05) is 39.0 Å². The van der Waals surface area contributed by atoms with Gasteiger partial charge in [0, 0.05) is 12.1 Å². The summed E-state index contributed by atoms with van der Waals surface area (Å²) in [6.45, 7) is 6.27. The molecule has 3 rings (SSSR count). The smallest absolute Gasteiger partial charge is 0.0249 e. The molecular formula is C19H36N2. The van der Waals surface area contributed by atoms with Gasteiger partial charge in [-0.2, -0.15) is 0 Å². The maximum Gasteiger partial charge on any atom is 0.0249 e. The van der Waals surface area contributed by atoms with Gasteiger partial charge in [0.2, 0.25) is 0 Å². The molecule has 1 spiro atoms. The molecule has 0 aromatic rings. The van der Waals surface area contributed by atoms with Crippen LogP contribution in [-0.4, -0.2) is 36.6 Å². The third kappa shape index (κ3) is 3.82. The topological polar surface area (TPSA) is 15.3 Å². The summed E-state index contributed by atoms with van der Waals surface area (Å²) in [6, 6.07) is 1.60. The van der Waals surface area contributed by atoms with E-state index in [-0.39, 0.29) is 0 Å². The Morgan fingerprint density at radius 2 is 1.62 bits per heavy atom. The highest BCUT2D eigenvalue weighted by Gasteiger charge is 2.39. The van der Waals surface area contributed by atoms with Crippen molar-refractivity contribution in [1.82, 2.24) is 10.2 Å². The van der Waals surface area contributed by atoms with Gasteiger partial charge in [0.25, 0.3) is 0 Å². The van der Waals surface area contributed by atoms with Crippen molar-refractivity contribution >= 4 is 0 Å². The van der Waals surface area contributed by atoms with Gasteiger partial charge in [-0.25, -0.2) is 0 Å². The fraction of sp³-hybridized carbons (Fsp3) is 1.00. The summed E-state index contributed by atoms with van der Waals surface area (Å²) < 4.78 is 0. The zero-order valence-corrected chi connectivity index (χ0v) is 14.2. The third-order valence-electron chi connectivity index (χ3n) is 6.63. The molecule has 2 aliphatic carbocycles. The number of piperidine rings is 1. The van der Waals surface area contributed by atoms with Crippen LogP contribution in [0, 0.1) is 5.41 Å². The van der Waals surface area contributed by atoms with Gasteiger partial charge in [-0.05, 0) is 70.0 Å². The first-order chi connectivity index (χ1) is 10.3. The average Bonchev–Trinajstić information content (AvgIpc) is 2.83. The van der Waals surface area contributed by atoms with Gasteiger partial charge in [0.1, 0.15) is 0 Å². The summed E-state index contributed by atoms with van der Waals surface area (Å²) in [6.07, 6.45) is 17.5. The SMILES string of the molecule is CCCNC1CCCCCC1N1CCC2(CCCC2)CC1. The van der Waals surface area contributed by atoms with Crippen molar-refractivity contribution in [2.24, 2.45) is 5.41 Å². The van der Waals surface area contributed by atoms with Crippen LogP contribution in [0.1, 0.15) is 84.0 Å². The first-order valence-electron chi connectivity index (χ1n) is 9.80. The minimum Gasteiger partial charge on any atom is -0.312 e. The molecule has 1 aliphatic heterocycles. The van der Waals surface area contributed by atoms with E-state index in [1.807, 2.05) is 0 Å². The minimum atomic E-state index is 0.769. The van der Waals surface area contributed by atoms with Crippen LogP contribution in [-0.2, 0) is 0 Å². The second-order valence-corrected chi connectivity index (χ2v) is 8.01. The molecule has 2 atom stereocenters. The molecule has 3 fully saturated rings. The summed E-state index contributed by atoms with van der Waals surface area (Å²) in [5.74, 6) is 0. The van der Waals surface area contributed by atoms with Crippen LogP contribution in [0.2, 0.25) is 0 Å². The lowest BCUT2D eigenvalue weighted by atomic mass is 9.76. The molecule has 1 heterocycles. The quantitative estimate of drug-likeness (QED) is 0.775. The molecule has 122 valence electrons. The summed E-state index contributed by atoms with van der Waals surface area (Å²) in [5.41, 5.74) is 0.771. The van der Waals surface area contributed by atoms with Crippen molar-refractivity contribution in [3.63, 3.8) is 0 Å². The molecular weight excluding hydrogens is 256 g/mol. The maximum atomic E-state index is 3.88. The lowest BCUT2D eigenvalue weighted by Crippen LogP contribution is -2.53. The number of nitrogens with zero attached hydrogens (tertiary/aromatic N) is 1. The summed E-state index contributed by atoms with van der Waals surface area (Å²) in [7, 11) is 0. The van der Waals surface area contributed by atoms with E-state index in [4.69, 9.17) is 0 Å². The predicted molar refractivity (Wildman–Crippen MR) is 90.7 cm³/mol. The van der Waals surface area contributed by atoms with Crippen LogP contribution in [0.3, 0.4) is 0 Å². The van der Waals surface area contributed by atoms with Crippen molar-refractivity contribution in [3.8, 4) is 0 Å². The Morgan fingerprint density at radius 1 is 0.905 bits per heavy atom. The van der Waals surface area contributed by atoms with Crippen LogP contribution < -0.4 is 5.32 Å².